The van der Waals surface area contributed by atoms with Gasteiger partial charge in [0, 0.05) is 0 Å². The summed E-state index contributed by atoms with van der Waals surface area (Å²) in [6, 6.07) is 5.86. The predicted molar refractivity (Wildman–Crippen MR) is 55.5 cm³/mol. The van der Waals surface area contributed by atoms with E-state index in [9.17, 15) is 8.96 Å². The Kier molecular flexibility index (Phi) is 3.62. The first-order chi connectivity index (χ1) is 6.64. The Labute approximate surface area is 82.9 Å². The second-order valence-electron chi connectivity index (χ2n) is 2.65. The van der Waals surface area contributed by atoms with E-state index < -0.39 is 13.2 Å². The van der Waals surface area contributed by atoms with Crippen LogP contribution in [0, 0.1) is 5.82 Å². The first kappa shape index (κ1) is 11.2. The van der Waals surface area contributed by atoms with Crippen LogP contribution in [-0.2, 0) is 9.09 Å². The quantitative estimate of drug-likeness (QED) is 0.720. The summed E-state index contributed by atoms with van der Waals surface area (Å²) in [5, 5.41) is 0.0804. The number of hydrogen-bond acceptors (Lipinski definition) is 2. The van der Waals surface area contributed by atoms with Crippen LogP contribution in [0.3, 0.4) is 0 Å². The minimum Gasteiger partial charge on any atom is -0.323 e. The fraction of sp³-hybridized carbons (Fsp3) is 0.200. The van der Waals surface area contributed by atoms with E-state index in [-0.39, 0.29) is 11.9 Å². The Morgan fingerprint density at radius 1 is 1.57 bits per heavy atom. The average Bonchev–Trinajstić information content (AvgIpc) is 2.18. The van der Waals surface area contributed by atoms with Crippen LogP contribution >= 0.6 is 7.37 Å². The molecule has 2 nitrogen and oxygen atoms in total. The minimum atomic E-state index is -3.20. The van der Waals surface area contributed by atoms with Gasteiger partial charge >= 0.3 is 0 Å². The molecule has 0 N–H and O–H groups in total. The van der Waals surface area contributed by atoms with Crippen LogP contribution in [0.5, 0.6) is 0 Å². The van der Waals surface area contributed by atoms with E-state index in [1.54, 1.807) is 13.0 Å². The van der Waals surface area contributed by atoms with Crippen LogP contribution in [0.4, 0.5) is 4.39 Å². The van der Waals surface area contributed by atoms with Crippen molar-refractivity contribution in [1.29, 1.82) is 0 Å². The second-order valence-corrected chi connectivity index (χ2v) is 4.95. The molecule has 0 saturated carbocycles. The SMILES string of the molecule is C=CP(=O)(OCC)c1ccccc1F. The van der Waals surface area contributed by atoms with E-state index in [4.69, 9.17) is 4.52 Å². The molecule has 0 saturated heterocycles. The zero-order valence-corrected chi connectivity index (χ0v) is 8.84. The molecule has 0 radical (unpaired) electrons. The zero-order chi connectivity index (χ0) is 10.6. The van der Waals surface area contributed by atoms with Gasteiger partial charge in [0.2, 0.25) is 0 Å². The van der Waals surface area contributed by atoms with Gasteiger partial charge in [0.25, 0.3) is 7.37 Å². The van der Waals surface area contributed by atoms with Gasteiger partial charge in [0.15, 0.2) is 0 Å². The van der Waals surface area contributed by atoms with Crippen LogP contribution < -0.4 is 5.30 Å². The van der Waals surface area contributed by atoms with Crippen LogP contribution in [-0.4, -0.2) is 6.61 Å². The van der Waals surface area contributed by atoms with Crippen LogP contribution in [0.25, 0.3) is 0 Å². The van der Waals surface area contributed by atoms with Gasteiger partial charge in [0.1, 0.15) is 5.82 Å². The van der Waals surface area contributed by atoms with Gasteiger partial charge in [-0.3, -0.25) is 4.57 Å². The lowest BCUT2D eigenvalue weighted by atomic mass is 10.3. The Bertz CT molecular complexity index is 376. The van der Waals surface area contributed by atoms with Gasteiger partial charge in [-0.15, -0.1) is 0 Å². The molecule has 0 amide bonds. The molecule has 4 heteroatoms. The lowest BCUT2D eigenvalue weighted by Gasteiger charge is -2.13. The summed E-state index contributed by atoms with van der Waals surface area (Å²) in [6.07, 6.45) is 0. The standard InChI is InChI=1S/C10H12FO2P/c1-3-13-14(12,4-2)10-8-6-5-7-9(10)11/h4-8H,2-3H2,1H3. The van der Waals surface area contributed by atoms with Gasteiger partial charge in [-0.05, 0) is 24.9 Å². The first-order valence-corrected chi connectivity index (χ1v) is 5.96. The highest BCUT2D eigenvalue weighted by molar-refractivity contribution is 7.70. The van der Waals surface area contributed by atoms with E-state index in [1.807, 2.05) is 0 Å². The lowest BCUT2D eigenvalue weighted by Crippen LogP contribution is -2.10. The smallest absolute Gasteiger partial charge is 0.256 e. The van der Waals surface area contributed by atoms with E-state index >= 15 is 0 Å². The number of halogens is 1. The molecule has 76 valence electrons. The van der Waals surface area contributed by atoms with Crippen LogP contribution in [0.15, 0.2) is 36.7 Å². The Morgan fingerprint density at radius 2 is 2.21 bits per heavy atom. The highest BCUT2D eigenvalue weighted by Gasteiger charge is 2.24. The molecule has 0 spiro atoms. The molecule has 1 aromatic carbocycles. The first-order valence-electron chi connectivity index (χ1n) is 4.27. The fourth-order valence-corrected chi connectivity index (χ4v) is 2.61. The molecule has 0 heterocycles. The predicted octanol–water partition coefficient (Wildman–Crippen LogP) is 2.91. The van der Waals surface area contributed by atoms with Crippen LogP contribution in [0.1, 0.15) is 6.92 Å². The topological polar surface area (TPSA) is 26.3 Å². The van der Waals surface area contributed by atoms with Gasteiger partial charge < -0.3 is 4.52 Å². The normalized spacial score (nSPS) is 14.7. The molecule has 14 heavy (non-hydrogen) atoms. The van der Waals surface area contributed by atoms with Crippen molar-refractivity contribution in [1.82, 2.24) is 0 Å². The molecule has 1 atom stereocenters. The van der Waals surface area contributed by atoms with E-state index in [0.717, 1.165) is 0 Å². The third-order valence-corrected chi connectivity index (χ3v) is 3.91. The molecule has 1 aromatic rings. The lowest BCUT2D eigenvalue weighted by molar-refractivity contribution is 0.346. The molecular weight excluding hydrogens is 202 g/mol. The van der Waals surface area contributed by atoms with Gasteiger partial charge in [-0.1, -0.05) is 18.7 Å². The largest absolute Gasteiger partial charge is 0.323 e. The number of hydrogen-bond donors (Lipinski definition) is 0. The van der Waals surface area contributed by atoms with Gasteiger partial charge in [-0.2, -0.15) is 0 Å². The fourth-order valence-electron chi connectivity index (χ4n) is 1.12. The average molecular weight is 214 g/mol. The summed E-state index contributed by atoms with van der Waals surface area (Å²) < 4.78 is 30.4. The van der Waals surface area contributed by atoms with Crippen molar-refractivity contribution in [3.8, 4) is 0 Å². The summed E-state index contributed by atoms with van der Waals surface area (Å²) in [4.78, 5) is 0. The van der Waals surface area contributed by atoms with E-state index in [2.05, 4.69) is 6.58 Å². The third kappa shape index (κ3) is 2.11. The summed E-state index contributed by atoms with van der Waals surface area (Å²) >= 11 is 0. The summed E-state index contributed by atoms with van der Waals surface area (Å²) in [5.74, 6) is 0.652. The zero-order valence-electron chi connectivity index (χ0n) is 7.94. The van der Waals surface area contributed by atoms with Crippen molar-refractivity contribution < 1.29 is 13.5 Å². The number of benzene rings is 1. The van der Waals surface area contributed by atoms with Crippen molar-refractivity contribution in [3.63, 3.8) is 0 Å². The minimum absolute atomic E-state index is 0.0804. The summed E-state index contributed by atoms with van der Waals surface area (Å²) in [6.45, 7) is 5.38. The highest BCUT2D eigenvalue weighted by Crippen LogP contribution is 2.47. The molecule has 0 aliphatic carbocycles. The number of rotatable bonds is 4. The highest BCUT2D eigenvalue weighted by atomic mass is 31.2. The molecule has 0 aliphatic rings. The molecule has 0 fully saturated rings. The summed E-state index contributed by atoms with van der Waals surface area (Å²) in [5.41, 5.74) is 0. The van der Waals surface area contributed by atoms with Crippen molar-refractivity contribution in [2.75, 3.05) is 6.61 Å². The summed E-state index contributed by atoms with van der Waals surface area (Å²) in [7, 11) is -3.20. The maximum atomic E-state index is 13.3. The molecule has 0 aliphatic heterocycles. The molecule has 1 rings (SSSR count). The monoisotopic (exact) mass is 214 g/mol. The van der Waals surface area contributed by atoms with Crippen molar-refractivity contribution in [3.05, 3.63) is 42.5 Å². The molecule has 0 aromatic heterocycles. The van der Waals surface area contributed by atoms with Crippen molar-refractivity contribution in [2.45, 2.75) is 6.92 Å². The van der Waals surface area contributed by atoms with Gasteiger partial charge in [-0.25, -0.2) is 4.39 Å². The maximum absolute atomic E-state index is 13.3. The Balaban J connectivity index is 3.19. The van der Waals surface area contributed by atoms with Gasteiger partial charge in [0.05, 0.1) is 11.9 Å². The van der Waals surface area contributed by atoms with E-state index in [1.165, 1.54) is 24.0 Å². The Morgan fingerprint density at radius 3 is 2.71 bits per heavy atom. The third-order valence-electron chi connectivity index (χ3n) is 1.75. The Hall–Kier alpha value is -0.920. The van der Waals surface area contributed by atoms with Crippen molar-refractivity contribution >= 4 is 12.7 Å². The maximum Gasteiger partial charge on any atom is 0.256 e. The van der Waals surface area contributed by atoms with Crippen molar-refractivity contribution in [2.24, 2.45) is 0 Å². The molecule has 0 bridgehead atoms. The van der Waals surface area contributed by atoms with E-state index in [0.29, 0.717) is 0 Å². The second kappa shape index (κ2) is 4.54. The molecule has 1 unspecified atom stereocenters. The van der Waals surface area contributed by atoms with Crippen LogP contribution in [0.2, 0.25) is 0 Å². The molecular formula is C10H12FO2P.